The molecule has 1 amide bonds. The van der Waals surface area contributed by atoms with Gasteiger partial charge in [-0.05, 0) is 76.6 Å². The number of H-pyrrole nitrogens is 1. The maximum absolute atomic E-state index is 13.4. The zero-order chi connectivity index (χ0) is 30.7. The molecule has 1 atom stereocenters. The van der Waals surface area contributed by atoms with Gasteiger partial charge in [-0.2, -0.15) is 0 Å². The van der Waals surface area contributed by atoms with Crippen LogP contribution < -0.4 is 10.1 Å². The molecule has 5 aromatic rings. The molecule has 7 heteroatoms. The zero-order valence-corrected chi connectivity index (χ0v) is 25.2. The van der Waals surface area contributed by atoms with Crippen LogP contribution in [0.25, 0.3) is 33.5 Å². The third-order valence-corrected chi connectivity index (χ3v) is 7.72. The summed E-state index contributed by atoms with van der Waals surface area (Å²) in [6, 6.07) is 26.1. The van der Waals surface area contributed by atoms with Crippen molar-refractivity contribution >= 4 is 22.9 Å². The maximum Gasteiger partial charge on any atom is 0.336 e. The molecule has 0 aliphatic rings. The number of hydrogen-bond acceptors (Lipinski definition) is 4. The van der Waals surface area contributed by atoms with Crippen molar-refractivity contribution in [2.75, 3.05) is 7.11 Å². The molecular weight excluding hydrogens is 538 g/mol. The highest BCUT2D eigenvalue weighted by Gasteiger charge is 2.22. The summed E-state index contributed by atoms with van der Waals surface area (Å²) in [5.74, 6) is -0.268. The topological polar surface area (TPSA) is 104 Å². The predicted octanol–water partition coefficient (Wildman–Crippen LogP) is 8.17. The molecule has 0 aliphatic carbocycles. The number of aromatic carboxylic acids is 1. The number of hydrogen-bond donors (Lipinski definition) is 3. The van der Waals surface area contributed by atoms with Gasteiger partial charge in [-0.1, -0.05) is 76.6 Å². The average Bonchev–Trinajstić information content (AvgIpc) is 3.43. The van der Waals surface area contributed by atoms with E-state index in [1.54, 1.807) is 25.3 Å². The van der Waals surface area contributed by atoms with Gasteiger partial charge < -0.3 is 20.1 Å². The number of imidazole rings is 1. The van der Waals surface area contributed by atoms with Crippen molar-refractivity contribution in [1.82, 2.24) is 15.3 Å². The molecule has 0 saturated carbocycles. The van der Waals surface area contributed by atoms with E-state index >= 15 is 0 Å². The molecule has 7 nitrogen and oxygen atoms in total. The number of nitrogens with one attached hydrogen (secondary N) is 2. The number of fused-ring (bicyclic) bond motifs is 1. The molecule has 0 fully saturated rings. The van der Waals surface area contributed by atoms with Crippen molar-refractivity contribution < 1.29 is 19.4 Å². The number of nitrogens with zero attached hydrogens (tertiary/aromatic N) is 1. The second-order valence-electron chi connectivity index (χ2n) is 11.8. The van der Waals surface area contributed by atoms with Gasteiger partial charge in [0, 0.05) is 11.1 Å². The third-order valence-electron chi connectivity index (χ3n) is 7.72. The molecule has 1 aromatic heterocycles. The Kier molecular flexibility index (Phi) is 8.35. The van der Waals surface area contributed by atoms with Crippen LogP contribution in [0, 0.1) is 0 Å². The molecule has 1 heterocycles. The number of carboxylic acid groups (broad SMARTS) is 1. The van der Waals surface area contributed by atoms with Gasteiger partial charge in [-0.25, -0.2) is 9.78 Å². The van der Waals surface area contributed by atoms with Gasteiger partial charge in [0.25, 0.3) is 5.91 Å². The molecule has 5 rings (SSSR count). The van der Waals surface area contributed by atoms with Gasteiger partial charge in [-0.3, -0.25) is 4.79 Å². The molecule has 3 N–H and O–H groups in total. The standard InChI is InChI=1S/C36H37N3O4/c1-6-10-30(22-11-8-7-9-12-22)39-34(40)23-13-16-26(29(19-23)35(41)42)28-21-25(43-5)15-17-27(28)33-37-31-18-14-24(36(2,3)4)20-32(31)38-33/h7-9,11-21,30H,6,10H2,1-5H3,(H,37,38)(H,39,40)(H,41,42). The minimum Gasteiger partial charge on any atom is -0.497 e. The molecule has 0 spiro atoms. The van der Waals surface area contributed by atoms with Gasteiger partial charge in [0.15, 0.2) is 0 Å². The smallest absolute Gasteiger partial charge is 0.336 e. The van der Waals surface area contributed by atoms with Crippen LogP contribution in [0.15, 0.2) is 84.9 Å². The van der Waals surface area contributed by atoms with Crippen LogP contribution in [0.5, 0.6) is 5.75 Å². The van der Waals surface area contributed by atoms with Crippen LogP contribution in [0.3, 0.4) is 0 Å². The van der Waals surface area contributed by atoms with Gasteiger partial charge in [0.1, 0.15) is 11.6 Å². The Morgan fingerprint density at radius 2 is 1.67 bits per heavy atom. The second-order valence-corrected chi connectivity index (χ2v) is 11.8. The van der Waals surface area contributed by atoms with Gasteiger partial charge in [0.2, 0.25) is 0 Å². The second kappa shape index (κ2) is 12.1. The van der Waals surface area contributed by atoms with Gasteiger partial charge >= 0.3 is 5.97 Å². The van der Waals surface area contributed by atoms with Crippen molar-refractivity contribution in [2.24, 2.45) is 0 Å². The van der Waals surface area contributed by atoms with E-state index in [9.17, 15) is 14.7 Å². The third kappa shape index (κ3) is 6.31. The van der Waals surface area contributed by atoms with Crippen LogP contribution >= 0.6 is 0 Å². The molecule has 0 saturated heterocycles. The number of rotatable bonds is 9. The Labute approximate surface area is 252 Å². The molecule has 0 bridgehead atoms. The fraction of sp³-hybridized carbons (Fsp3) is 0.250. The summed E-state index contributed by atoms with van der Waals surface area (Å²) < 4.78 is 5.51. The highest BCUT2D eigenvalue weighted by molar-refractivity contribution is 6.03. The van der Waals surface area contributed by atoms with Crippen molar-refractivity contribution in [3.8, 4) is 28.3 Å². The Hall–Kier alpha value is -4.91. The average molecular weight is 576 g/mol. The number of carboxylic acids is 1. The van der Waals surface area contributed by atoms with Crippen LogP contribution in [-0.2, 0) is 5.41 Å². The lowest BCUT2D eigenvalue weighted by atomic mass is 9.87. The summed E-state index contributed by atoms with van der Waals surface area (Å²) in [7, 11) is 1.57. The first-order valence-corrected chi connectivity index (χ1v) is 14.5. The first-order chi connectivity index (χ1) is 20.6. The Balaban J connectivity index is 1.56. The number of benzene rings is 4. The largest absolute Gasteiger partial charge is 0.497 e. The summed E-state index contributed by atoms with van der Waals surface area (Å²) in [6.07, 6.45) is 1.65. The first kappa shape index (κ1) is 29.6. The molecule has 4 aromatic carbocycles. The number of methoxy groups -OCH3 is 1. The Morgan fingerprint density at radius 1 is 0.930 bits per heavy atom. The SMILES string of the molecule is CCCC(NC(=O)c1ccc(-c2cc(OC)ccc2-c2nc3cc(C(C)(C)C)ccc3[nH]2)c(C(=O)O)c1)c1ccccc1. The Morgan fingerprint density at radius 3 is 2.35 bits per heavy atom. The van der Waals surface area contributed by atoms with Crippen molar-refractivity contribution in [3.05, 3.63) is 107 Å². The lowest BCUT2D eigenvalue weighted by Gasteiger charge is -2.19. The summed E-state index contributed by atoms with van der Waals surface area (Å²) in [5, 5.41) is 13.4. The quantitative estimate of drug-likeness (QED) is 0.164. The van der Waals surface area contributed by atoms with Gasteiger partial charge in [0.05, 0.1) is 29.7 Å². The van der Waals surface area contributed by atoms with Crippen LogP contribution in [-0.4, -0.2) is 34.1 Å². The molecule has 0 aliphatic heterocycles. The van der Waals surface area contributed by atoms with E-state index in [2.05, 4.69) is 50.1 Å². The van der Waals surface area contributed by atoms with E-state index in [0.29, 0.717) is 22.7 Å². The van der Waals surface area contributed by atoms with Crippen molar-refractivity contribution in [1.29, 1.82) is 0 Å². The van der Waals surface area contributed by atoms with E-state index in [-0.39, 0.29) is 28.5 Å². The molecule has 43 heavy (non-hydrogen) atoms. The summed E-state index contributed by atoms with van der Waals surface area (Å²) in [4.78, 5) is 34.3. The van der Waals surface area contributed by atoms with E-state index in [4.69, 9.17) is 9.72 Å². The fourth-order valence-electron chi connectivity index (χ4n) is 5.31. The molecule has 220 valence electrons. The number of amides is 1. The highest BCUT2D eigenvalue weighted by Crippen LogP contribution is 2.37. The van der Waals surface area contributed by atoms with Crippen molar-refractivity contribution in [2.45, 2.75) is 52.0 Å². The molecule has 1 unspecified atom stereocenters. The number of aromatic nitrogens is 2. The number of carbonyl (C=O) groups excluding carboxylic acids is 1. The zero-order valence-electron chi connectivity index (χ0n) is 25.2. The number of aromatic amines is 1. The minimum atomic E-state index is -1.13. The number of ether oxygens (including phenoxy) is 1. The minimum absolute atomic E-state index is 0.0139. The number of carbonyl (C=O) groups is 2. The molecule has 0 radical (unpaired) electrons. The van der Waals surface area contributed by atoms with E-state index in [1.807, 2.05) is 48.5 Å². The molecular formula is C36H37N3O4. The lowest BCUT2D eigenvalue weighted by molar-refractivity contribution is 0.0697. The predicted molar refractivity (Wildman–Crippen MR) is 171 cm³/mol. The van der Waals surface area contributed by atoms with E-state index in [1.165, 1.54) is 11.6 Å². The lowest BCUT2D eigenvalue weighted by Crippen LogP contribution is -2.28. The summed E-state index contributed by atoms with van der Waals surface area (Å²) in [5.41, 5.74) is 5.97. The summed E-state index contributed by atoms with van der Waals surface area (Å²) in [6.45, 7) is 8.54. The summed E-state index contributed by atoms with van der Waals surface area (Å²) >= 11 is 0. The fourth-order valence-corrected chi connectivity index (χ4v) is 5.31. The maximum atomic E-state index is 13.4. The first-order valence-electron chi connectivity index (χ1n) is 14.5. The Bertz CT molecular complexity index is 1780. The van der Waals surface area contributed by atoms with Crippen LogP contribution in [0.1, 0.15) is 78.4 Å². The highest BCUT2D eigenvalue weighted by atomic mass is 16.5. The van der Waals surface area contributed by atoms with Crippen LogP contribution in [0.4, 0.5) is 0 Å². The van der Waals surface area contributed by atoms with Gasteiger partial charge in [-0.15, -0.1) is 0 Å². The monoisotopic (exact) mass is 575 g/mol. The normalized spacial score (nSPS) is 12.2. The van der Waals surface area contributed by atoms with Crippen molar-refractivity contribution in [3.63, 3.8) is 0 Å². The van der Waals surface area contributed by atoms with E-state index < -0.39 is 5.97 Å². The van der Waals surface area contributed by atoms with E-state index in [0.717, 1.165) is 35.0 Å². The van der Waals surface area contributed by atoms with Crippen LogP contribution in [0.2, 0.25) is 0 Å².